The summed E-state index contributed by atoms with van der Waals surface area (Å²) in [6.07, 6.45) is 0. The van der Waals surface area contributed by atoms with Crippen LogP contribution in [0.15, 0.2) is 121 Å². The van der Waals surface area contributed by atoms with Crippen molar-refractivity contribution in [2.24, 2.45) is 0 Å². The molecule has 2 amide bonds. The first-order chi connectivity index (χ1) is 19.0. The molecule has 0 aliphatic carbocycles. The predicted octanol–water partition coefficient (Wildman–Crippen LogP) is 2.14. The van der Waals surface area contributed by atoms with E-state index < -0.39 is 34.0 Å². The Morgan fingerprint density at radius 3 is 1.18 bits per heavy atom. The van der Waals surface area contributed by atoms with Crippen LogP contribution in [-0.2, 0) is 5.37 Å². The summed E-state index contributed by atoms with van der Waals surface area (Å²) in [6.45, 7) is -0.575. The van der Waals surface area contributed by atoms with Gasteiger partial charge < -0.3 is 0 Å². The van der Waals surface area contributed by atoms with Crippen molar-refractivity contribution >= 4 is 52.1 Å². The SMILES string of the molecule is O=C(NCC(=[OH+])[O][Pb]([O]C(=[OH+])CNC(=O)c1ccccc1)([c]1ccccc1)[c]1ccccc1)c1ccccc1. The number of carbonyl (C=O) groups is 2. The summed E-state index contributed by atoms with van der Waals surface area (Å²) in [7, 11) is 0. The third kappa shape index (κ3) is 7.38. The van der Waals surface area contributed by atoms with Gasteiger partial charge in [-0.2, -0.15) is 0 Å². The van der Waals surface area contributed by atoms with Crippen LogP contribution in [0.25, 0.3) is 0 Å². The van der Waals surface area contributed by atoms with Crippen LogP contribution in [0.4, 0.5) is 0 Å². The van der Waals surface area contributed by atoms with E-state index in [1.807, 2.05) is 36.4 Å². The van der Waals surface area contributed by atoms with Gasteiger partial charge in [0.2, 0.25) is 0 Å². The molecule has 0 aliphatic rings. The van der Waals surface area contributed by atoms with Crippen molar-refractivity contribution < 1.29 is 24.6 Å². The van der Waals surface area contributed by atoms with Gasteiger partial charge in [-0.05, 0) is 0 Å². The van der Waals surface area contributed by atoms with E-state index in [-0.39, 0.29) is 24.9 Å². The molecule has 0 saturated carbocycles. The molecule has 0 atom stereocenters. The molecule has 8 nitrogen and oxygen atoms in total. The van der Waals surface area contributed by atoms with Gasteiger partial charge in [0, 0.05) is 0 Å². The van der Waals surface area contributed by atoms with Crippen LogP contribution in [0, 0.1) is 0 Å². The maximum absolute atomic E-state index is 12.5. The Kier molecular flexibility index (Phi) is 9.57. The van der Waals surface area contributed by atoms with Crippen LogP contribution >= 0.6 is 0 Å². The molecular weight excluding hydrogens is 692 g/mol. The Labute approximate surface area is 231 Å². The maximum atomic E-state index is 12.5. The number of carbonyl (C=O) groups excluding carboxylic acids is 4. The molecule has 4 aromatic carbocycles. The number of rotatable bonds is 10. The van der Waals surface area contributed by atoms with Gasteiger partial charge in [-0.25, -0.2) is 0 Å². The molecule has 0 saturated heterocycles. The molecule has 9 heteroatoms. The summed E-state index contributed by atoms with van der Waals surface area (Å²) >= 11 is -5.05. The average Bonchev–Trinajstić information content (AvgIpc) is 3.00. The first-order valence-corrected chi connectivity index (χ1v) is 19.3. The van der Waals surface area contributed by atoms with E-state index in [2.05, 4.69) is 10.6 Å². The van der Waals surface area contributed by atoms with E-state index in [1.165, 1.54) is 0 Å². The van der Waals surface area contributed by atoms with Crippen LogP contribution in [0.5, 0.6) is 0 Å². The zero-order valence-corrected chi connectivity index (χ0v) is 24.9. The number of nitrogens with one attached hydrogen (secondary N) is 2. The molecule has 4 rings (SSSR count). The standard InChI is InChI=1S/2C9H9NO3.2C6H5.Pb/c2*11-8(12)6-10-9(13)7-4-2-1-3-5-7;2*1-2-4-6-5-3-1;/h2*1-5H,6H2,(H,10,13)(H,11,12);2*1-5H;/q;;;;+2. The van der Waals surface area contributed by atoms with E-state index in [0.717, 1.165) is 0 Å². The summed E-state index contributed by atoms with van der Waals surface area (Å²) in [5, 5.41) is 5.28. The van der Waals surface area contributed by atoms with Crippen molar-refractivity contribution in [3.8, 4) is 0 Å². The van der Waals surface area contributed by atoms with E-state index in [9.17, 15) is 19.2 Å². The van der Waals surface area contributed by atoms with Crippen LogP contribution < -0.4 is 16.9 Å². The number of hydrogen-bond donors (Lipinski definition) is 2. The Bertz CT molecular complexity index is 1310. The first-order valence-electron chi connectivity index (χ1n) is 12.2. The molecule has 0 spiro atoms. The van der Waals surface area contributed by atoms with Gasteiger partial charge in [-0.15, -0.1) is 0 Å². The van der Waals surface area contributed by atoms with Crippen LogP contribution in [0.3, 0.4) is 0 Å². The van der Waals surface area contributed by atoms with E-state index in [1.54, 1.807) is 84.9 Å². The van der Waals surface area contributed by atoms with Crippen molar-refractivity contribution in [3.63, 3.8) is 0 Å². The number of benzene rings is 4. The van der Waals surface area contributed by atoms with Gasteiger partial charge >= 0.3 is 233 Å². The molecule has 39 heavy (non-hydrogen) atoms. The van der Waals surface area contributed by atoms with Crippen molar-refractivity contribution in [1.82, 2.24) is 10.6 Å². The second-order valence-corrected chi connectivity index (χ2v) is 19.3. The molecule has 0 heterocycles. The fourth-order valence-corrected chi connectivity index (χ4v) is 15.2. The quantitative estimate of drug-likeness (QED) is 0.193. The van der Waals surface area contributed by atoms with Gasteiger partial charge in [0.05, 0.1) is 0 Å². The monoisotopic (exact) mass is 720 g/mol. The fourth-order valence-electron chi connectivity index (χ4n) is 3.84. The molecular formula is C30H28N2O6Pb+2. The summed E-state index contributed by atoms with van der Waals surface area (Å²) in [5.41, 5.74) is 0.868. The molecule has 4 aromatic rings. The molecule has 0 aromatic heterocycles. The van der Waals surface area contributed by atoms with Gasteiger partial charge in [0.15, 0.2) is 0 Å². The zero-order chi connectivity index (χ0) is 27.5. The Hall–Kier alpha value is -4.32. The second-order valence-electron chi connectivity index (χ2n) is 8.44. The predicted molar refractivity (Wildman–Crippen MR) is 152 cm³/mol. The van der Waals surface area contributed by atoms with Crippen molar-refractivity contribution in [1.29, 1.82) is 0 Å². The zero-order valence-electron chi connectivity index (χ0n) is 21.0. The minimum absolute atomic E-state index is 0.288. The minimum atomic E-state index is -5.05. The molecule has 4 N–H and O–H groups in total. The van der Waals surface area contributed by atoms with Crippen LogP contribution in [0.2, 0.25) is 0 Å². The van der Waals surface area contributed by atoms with E-state index >= 15 is 0 Å². The average molecular weight is 720 g/mol. The summed E-state index contributed by atoms with van der Waals surface area (Å²) in [5.74, 6) is -1.69. The third-order valence-electron chi connectivity index (χ3n) is 5.70. The molecule has 0 radical (unpaired) electrons. The van der Waals surface area contributed by atoms with E-state index in [4.69, 9.17) is 5.37 Å². The fraction of sp³-hybridized carbons (Fsp3) is 0.0667. The third-order valence-corrected chi connectivity index (χ3v) is 18.3. The topological polar surface area (TPSA) is 119 Å². The Morgan fingerprint density at radius 2 is 0.846 bits per heavy atom. The van der Waals surface area contributed by atoms with E-state index in [0.29, 0.717) is 17.4 Å². The van der Waals surface area contributed by atoms with Gasteiger partial charge in [0.25, 0.3) is 0 Å². The molecule has 0 fully saturated rings. The molecule has 0 aliphatic heterocycles. The summed E-state index contributed by atoms with van der Waals surface area (Å²) in [4.78, 5) is 46.8. The molecule has 0 unspecified atom stereocenters. The van der Waals surface area contributed by atoms with Crippen molar-refractivity contribution in [3.05, 3.63) is 132 Å². The van der Waals surface area contributed by atoms with Crippen LogP contribution in [0.1, 0.15) is 20.7 Å². The van der Waals surface area contributed by atoms with Crippen molar-refractivity contribution in [2.45, 2.75) is 0 Å². The van der Waals surface area contributed by atoms with Crippen LogP contribution in [-0.4, -0.2) is 68.5 Å². The number of amides is 2. The van der Waals surface area contributed by atoms with Gasteiger partial charge in [-0.3, -0.25) is 0 Å². The van der Waals surface area contributed by atoms with Gasteiger partial charge in [0.1, 0.15) is 0 Å². The number of hydrogen-bond acceptors (Lipinski definition) is 4. The summed E-state index contributed by atoms with van der Waals surface area (Å²) in [6, 6.07) is 35.3. The second kappa shape index (κ2) is 13.5. The molecule has 0 bridgehead atoms. The van der Waals surface area contributed by atoms with Gasteiger partial charge in [-0.1, -0.05) is 0 Å². The Balaban J connectivity index is 1.57. The molecule has 196 valence electrons. The summed E-state index contributed by atoms with van der Waals surface area (Å²) < 4.78 is 13.8. The Morgan fingerprint density at radius 1 is 0.538 bits per heavy atom. The first kappa shape index (κ1) is 27.7. The normalized spacial score (nSPS) is 10.7. The van der Waals surface area contributed by atoms with Crippen molar-refractivity contribution in [2.75, 3.05) is 13.1 Å².